The van der Waals surface area contributed by atoms with Crippen LogP contribution in [-0.4, -0.2) is 18.5 Å². The van der Waals surface area contributed by atoms with E-state index in [-0.39, 0.29) is 11.3 Å². The van der Waals surface area contributed by atoms with E-state index in [2.05, 4.69) is 4.74 Å². The third-order valence-electron chi connectivity index (χ3n) is 1.94. The van der Waals surface area contributed by atoms with Crippen LogP contribution in [-0.2, 0) is 6.61 Å². The summed E-state index contributed by atoms with van der Waals surface area (Å²) in [5.41, 5.74) is -0.333. The zero-order valence-corrected chi connectivity index (χ0v) is 8.75. The molecule has 0 amide bonds. The van der Waals surface area contributed by atoms with Gasteiger partial charge in [-0.2, -0.15) is 0 Å². The van der Waals surface area contributed by atoms with Crippen molar-refractivity contribution in [2.45, 2.75) is 13.0 Å². The zero-order valence-electron chi connectivity index (χ0n) is 8.75. The van der Waals surface area contributed by atoms with Crippen LogP contribution < -0.4 is 15.6 Å². The number of aliphatic hydroxyl groups is 1. The molecule has 0 bridgehead atoms. The normalized spacial score (nSPS) is 11.5. The molecule has 1 aromatic carbocycles. The van der Waals surface area contributed by atoms with Crippen molar-refractivity contribution in [3.05, 3.63) is 23.5 Å². The van der Waals surface area contributed by atoms with Gasteiger partial charge < -0.3 is 14.9 Å². The van der Waals surface area contributed by atoms with E-state index in [0.29, 0.717) is 0 Å². The Bertz CT molecular complexity index is 407. The van der Waals surface area contributed by atoms with E-state index in [1.165, 1.54) is 7.05 Å². The number of anilines is 1. The SMILES string of the molecule is CN(N)c1ccc(F)c(OC(F)(F)F)c1CO. The maximum atomic E-state index is 13.2. The highest BCUT2D eigenvalue weighted by Crippen LogP contribution is 2.34. The van der Waals surface area contributed by atoms with Gasteiger partial charge in [-0.3, -0.25) is 0 Å². The highest BCUT2D eigenvalue weighted by atomic mass is 19.4. The van der Waals surface area contributed by atoms with Crippen LogP contribution in [0.4, 0.5) is 23.2 Å². The first-order valence-electron chi connectivity index (χ1n) is 4.42. The first-order chi connectivity index (χ1) is 7.76. The Kier molecular flexibility index (Phi) is 3.79. The Morgan fingerprint density at radius 1 is 1.41 bits per heavy atom. The lowest BCUT2D eigenvalue weighted by Crippen LogP contribution is -2.27. The lowest BCUT2D eigenvalue weighted by molar-refractivity contribution is -0.276. The molecule has 0 heterocycles. The van der Waals surface area contributed by atoms with Gasteiger partial charge in [0, 0.05) is 12.6 Å². The summed E-state index contributed by atoms with van der Waals surface area (Å²) in [4.78, 5) is 0. The first kappa shape index (κ1) is 13.5. The van der Waals surface area contributed by atoms with Gasteiger partial charge in [0.05, 0.1) is 12.3 Å². The largest absolute Gasteiger partial charge is 0.573 e. The van der Waals surface area contributed by atoms with E-state index in [4.69, 9.17) is 10.9 Å². The number of ether oxygens (including phenoxy) is 1. The molecule has 4 nitrogen and oxygen atoms in total. The molecule has 1 aromatic rings. The minimum absolute atomic E-state index is 0.0353. The fourth-order valence-corrected chi connectivity index (χ4v) is 1.30. The minimum Gasteiger partial charge on any atom is -0.402 e. The van der Waals surface area contributed by atoms with Crippen LogP contribution in [0.25, 0.3) is 0 Å². The summed E-state index contributed by atoms with van der Waals surface area (Å²) in [6.45, 7) is -0.833. The second kappa shape index (κ2) is 4.76. The predicted molar refractivity (Wildman–Crippen MR) is 51.6 cm³/mol. The number of hydrazine groups is 1. The molecular weight excluding hydrogens is 244 g/mol. The minimum atomic E-state index is -5.05. The topological polar surface area (TPSA) is 58.7 Å². The maximum absolute atomic E-state index is 13.2. The van der Waals surface area contributed by atoms with Crippen LogP contribution in [0.2, 0.25) is 0 Å². The number of benzene rings is 1. The van der Waals surface area contributed by atoms with Gasteiger partial charge in [-0.25, -0.2) is 10.2 Å². The van der Waals surface area contributed by atoms with Crippen LogP contribution in [0.3, 0.4) is 0 Å². The van der Waals surface area contributed by atoms with E-state index in [1.807, 2.05) is 0 Å². The molecule has 0 aliphatic carbocycles. The van der Waals surface area contributed by atoms with Gasteiger partial charge >= 0.3 is 6.36 Å². The lowest BCUT2D eigenvalue weighted by Gasteiger charge is -2.20. The van der Waals surface area contributed by atoms with Crippen molar-refractivity contribution in [2.75, 3.05) is 12.1 Å². The molecule has 0 spiro atoms. The summed E-state index contributed by atoms with van der Waals surface area (Å²) in [6, 6.07) is 1.92. The molecular formula is C9H10F4N2O2. The molecule has 0 radical (unpaired) electrons. The highest BCUT2D eigenvalue weighted by molar-refractivity contribution is 5.58. The predicted octanol–water partition coefficient (Wildman–Crippen LogP) is 1.53. The number of nitrogens with zero attached hydrogens (tertiary/aromatic N) is 1. The van der Waals surface area contributed by atoms with Gasteiger partial charge in [0.2, 0.25) is 0 Å². The second-order valence-electron chi connectivity index (χ2n) is 3.19. The molecule has 0 saturated heterocycles. The van der Waals surface area contributed by atoms with E-state index in [0.717, 1.165) is 17.1 Å². The summed E-state index contributed by atoms with van der Waals surface area (Å²) in [6.07, 6.45) is -5.05. The van der Waals surface area contributed by atoms with Gasteiger partial charge in [0.25, 0.3) is 0 Å². The van der Waals surface area contributed by atoms with Gasteiger partial charge in [-0.1, -0.05) is 0 Å². The Labute approximate surface area is 94.2 Å². The summed E-state index contributed by atoms with van der Waals surface area (Å²) < 4.78 is 52.9. The third-order valence-corrected chi connectivity index (χ3v) is 1.94. The second-order valence-corrected chi connectivity index (χ2v) is 3.19. The van der Waals surface area contributed by atoms with Gasteiger partial charge in [-0.15, -0.1) is 13.2 Å². The molecule has 0 fully saturated rings. The van der Waals surface area contributed by atoms with Crippen molar-refractivity contribution in [2.24, 2.45) is 5.84 Å². The Morgan fingerprint density at radius 3 is 2.41 bits per heavy atom. The van der Waals surface area contributed by atoms with Gasteiger partial charge in [0.1, 0.15) is 0 Å². The van der Waals surface area contributed by atoms with E-state index < -0.39 is 24.5 Å². The fraction of sp³-hybridized carbons (Fsp3) is 0.333. The third kappa shape index (κ3) is 3.21. The molecule has 8 heteroatoms. The molecule has 0 aromatic heterocycles. The highest BCUT2D eigenvalue weighted by Gasteiger charge is 2.34. The van der Waals surface area contributed by atoms with Crippen molar-refractivity contribution in [1.82, 2.24) is 0 Å². The van der Waals surface area contributed by atoms with Crippen LogP contribution in [0.1, 0.15) is 5.56 Å². The number of hydrogen-bond donors (Lipinski definition) is 2. The number of rotatable bonds is 3. The van der Waals surface area contributed by atoms with Crippen molar-refractivity contribution in [3.63, 3.8) is 0 Å². The van der Waals surface area contributed by atoms with Gasteiger partial charge in [0.15, 0.2) is 11.6 Å². The fourth-order valence-electron chi connectivity index (χ4n) is 1.30. The molecule has 0 atom stereocenters. The molecule has 1 rings (SSSR count). The average molecular weight is 254 g/mol. The Balaban J connectivity index is 3.30. The summed E-state index contributed by atoms with van der Waals surface area (Å²) in [5.74, 6) is 3.04. The maximum Gasteiger partial charge on any atom is 0.573 e. The van der Waals surface area contributed by atoms with Gasteiger partial charge in [-0.05, 0) is 12.1 Å². The van der Waals surface area contributed by atoms with Crippen molar-refractivity contribution in [3.8, 4) is 5.75 Å². The number of nitrogens with two attached hydrogens (primary N) is 1. The molecule has 17 heavy (non-hydrogen) atoms. The summed E-state index contributed by atoms with van der Waals surface area (Å²) in [7, 11) is 1.34. The Morgan fingerprint density at radius 2 is 2.00 bits per heavy atom. The number of aliphatic hydroxyl groups excluding tert-OH is 1. The van der Waals surface area contributed by atoms with Crippen LogP contribution in [0.5, 0.6) is 5.75 Å². The van der Waals surface area contributed by atoms with Crippen LogP contribution >= 0.6 is 0 Å². The van der Waals surface area contributed by atoms with E-state index in [9.17, 15) is 17.6 Å². The number of halogens is 4. The molecule has 3 N–H and O–H groups in total. The molecule has 0 unspecified atom stereocenters. The molecule has 0 saturated carbocycles. The standard InChI is InChI=1S/C9H10F4N2O2/c1-15(14)7-3-2-6(10)8(5(7)4-16)17-9(11,12)13/h2-3,16H,4,14H2,1H3. The number of alkyl halides is 3. The van der Waals surface area contributed by atoms with Crippen molar-refractivity contribution >= 4 is 5.69 Å². The zero-order chi connectivity index (χ0) is 13.2. The van der Waals surface area contributed by atoms with Crippen molar-refractivity contribution < 1.29 is 27.4 Å². The summed E-state index contributed by atoms with van der Waals surface area (Å²) in [5, 5.41) is 9.93. The first-order valence-corrected chi connectivity index (χ1v) is 4.42. The van der Waals surface area contributed by atoms with Crippen molar-refractivity contribution in [1.29, 1.82) is 0 Å². The molecule has 0 aliphatic rings. The monoisotopic (exact) mass is 254 g/mol. The van der Waals surface area contributed by atoms with Crippen LogP contribution in [0, 0.1) is 5.82 Å². The number of hydrogen-bond acceptors (Lipinski definition) is 4. The molecule has 0 aliphatic heterocycles. The van der Waals surface area contributed by atoms with E-state index >= 15 is 0 Å². The average Bonchev–Trinajstić information content (AvgIpc) is 2.18. The molecule has 96 valence electrons. The quantitative estimate of drug-likeness (QED) is 0.488. The lowest BCUT2D eigenvalue weighted by atomic mass is 10.1. The van der Waals surface area contributed by atoms with Crippen LogP contribution in [0.15, 0.2) is 12.1 Å². The Hall–Kier alpha value is -1.54. The summed E-state index contributed by atoms with van der Waals surface area (Å²) >= 11 is 0. The smallest absolute Gasteiger partial charge is 0.402 e. The van der Waals surface area contributed by atoms with E-state index in [1.54, 1.807) is 0 Å².